The molecule has 0 aromatic carbocycles. The van der Waals surface area contributed by atoms with Gasteiger partial charge in [-0.05, 0) is 46.0 Å². The Bertz CT molecular complexity index is 315. The summed E-state index contributed by atoms with van der Waals surface area (Å²) in [5.41, 5.74) is -0.897. The summed E-state index contributed by atoms with van der Waals surface area (Å²) in [4.78, 5) is 11.8. The van der Waals surface area contributed by atoms with Crippen molar-refractivity contribution in [1.29, 1.82) is 0 Å². The average molecular weight is 299 g/mol. The maximum absolute atomic E-state index is 11.8. The van der Waals surface area contributed by atoms with E-state index in [9.17, 15) is 9.90 Å². The van der Waals surface area contributed by atoms with Crippen LogP contribution < -0.4 is 5.32 Å². The van der Waals surface area contributed by atoms with Crippen LogP contribution in [0.1, 0.15) is 72.6 Å². The Morgan fingerprint density at radius 2 is 1.95 bits per heavy atom. The number of carboxylic acids is 1. The van der Waals surface area contributed by atoms with E-state index in [-0.39, 0.29) is 24.7 Å². The predicted octanol–water partition coefficient (Wildman–Crippen LogP) is 3.59. The van der Waals surface area contributed by atoms with Crippen LogP contribution in [0.25, 0.3) is 0 Å². The van der Waals surface area contributed by atoms with Gasteiger partial charge in [-0.1, -0.05) is 32.6 Å². The number of rotatable bonds is 12. The minimum absolute atomic E-state index is 0.133. The third-order valence-electron chi connectivity index (χ3n) is 4.26. The summed E-state index contributed by atoms with van der Waals surface area (Å²) < 4.78 is 5.91. The molecular weight excluding hydrogens is 266 g/mol. The second-order valence-electron chi connectivity index (χ2n) is 6.82. The number of aliphatic carboxylic acids is 1. The first-order valence-corrected chi connectivity index (χ1v) is 8.55. The molecule has 4 heteroatoms. The fourth-order valence-electron chi connectivity index (χ4n) is 2.88. The topological polar surface area (TPSA) is 58.6 Å². The smallest absolute Gasteiger partial charge is 0.326 e. The molecule has 0 aromatic rings. The lowest BCUT2D eigenvalue weighted by Crippen LogP contribution is -2.60. The van der Waals surface area contributed by atoms with Gasteiger partial charge in [0.15, 0.2) is 0 Å². The van der Waals surface area contributed by atoms with E-state index in [2.05, 4.69) is 19.2 Å². The van der Waals surface area contributed by atoms with Crippen molar-refractivity contribution in [2.45, 2.75) is 90.3 Å². The molecule has 1 rings (SSSR count). The van der Waals surface area contributed by atoms with E-state index in [0.29, 0.717) is 0 Å². The van der Waals surface area contributed by atoms with Crippen molar-refractivity contribution in [2.75, 3.05) is 6.61 Å². The predicted molar refractivity (Wildman–Crippen MR) is 85.5 cm³/mol. The molecule has 2 unspecified atom stereocenters. The summed E-state index contributed by atoms with van der Waals surface area (Å²) in [6.45, 7) is 8.53. The Kier molecular flexibility index (Phi) is 7.67. The van der Waals surface area contributed by atoms with Crippen molar-refractivity contribution in [1.82, 2.24) is 5.32 Å². The monoisotopic (exact) mass is 299 g/mol. The molecule has 0 aliphatic heterocycles. The fraction of sp³-hybridized carbons (Fsp3) is 0.941. The molecule has 1 aliphatic rings. The van der Waals surface area contributed by atoms with E-state index in [1.165, 1.54) is 19.3 Å². The highest BCUT2D eigenvalue weighted by Crippen LogP contribution is 2.40. The molecule has 0 saturated heterocycles. The average Bonchev–Trinajstić information content (AvgIpc) is 3.23. The molecule has 124 valence electrons. The van der Waals surface area contributed by atoms with Crippen LogP contribution in [-0.4, -0.2) is 35.4 Å². The number of hydrogen-bond donors (Lipinski definition) is 2. The van der Waals surface area contributed by atoms with Crippen molar-refractivity contribution in [3.8, 4) is 0 Å². The standard InChI is InChI=1S/C17H33NO3/c1-5-6-7-8-9-14(4)21-12-17(16(19)20,15-10-11-15)18-13(2)3/h13-15,18H,5-12H2,1-4H3,(H,19,20). The lowest BCUT2D eigenvalue weighted by Gasteiger charge is -2.33. The Balaban J connectivity index is 2.47. The Morgan fingerprint density at radius 3 is 2.43 bits per heavy atom. The zero-order valence-electron chi connectivity index (χ0n) is 14.2. The van der Waals surface area contributed by atoms with Gasteiger partial charge in [0, 0.05) is 6.04 Å². The first-order valence-electron chi connectivity index (χ1n) is 8.55. The van der Waals surface area contributed by atoms with Gasteiger partial charge in [0.25, 0.3) is 0 Å². The van der Waals surface area contributed by atoms with E-state index in [1.807, 2.05) is 13.8 Å². The summed E-state index contributed by atoms with van der Waals surface area (Å²) in [6, 6.07) is 0.144. The molecule has 4 nitrogen and oxygen atoms in total. The van der Waals surface area contributed by atoms with Gasteiger partial charge < -0.3 is 9.84 Å². The van der Waals surface area contributed by atoms with Crippen molar-refractivity contribution in [3.05, 3.63) is 0 Å². The van der Waals surface area contributed by atoms with Crippen molar-refractivity contribution in [2.24, 2.45) is 5.92 Å². The number of nitrogens with one attached hydrogen (secondary N) is 1. The van der Waals surface area contributed by atoms with Gasteiger partial charge in [0.2, 0.25) is 0 Å². The molecule has 1 saturated carbocycles. The SMILES string of the molecule is CCCCCCC(C)OCC(NC(C)C)(C(=O)O)C1CC1. The molecule has 1 fully saturated rings. The molecule has 21 heavy (non-hydrogen) atoms. The van der Waals surface area contributed by atoms with Crippen LogP contribution in [0, 0.1) is 5.92 Å². The molecule has 0 heterocycles. The van der Waals surface area contributed by atoms with Gasteiger partial charge in [-0.25, -0.2) is 0 Å². The van der Waals surface area contributed by atoms with Gasteiger partial charge in [-0.15, -0.1) is 0 Å². The largest absolute Gasteiger partial charge is 0.480 e. The summed E-state index contributed by atoms with van der Waals surface area (Å²) in [6.07, 6.45) is 8.02. The van der Waals surface area contributed by atoms with E-state index >= 15 is 0 Å². The first kappa shape index (κ1) is 18.4. The summed E-state index contributed by atoms with van der Waals surface area (Å²) >= 11 is 0. The molecule has 0 spiro atoms. The molecular formula is C17H33NO3. The third kappa shape index (κ3) is 5.95. The maximum Gasteiger partial charge on any atom is 0.326 e. The lowest BCUT2D eigenvalue weighted by atomic mass is 9.93. The first-order chi connectivity index (χ1) is 9.92. The van der Waals surface area contributed by atoms with Crippen molar-refractivity contribution < 1.29 is 14.6 Å². The summed E-state index contributed by atoms with van der Waals surface area (Å²) in [7, 11) is 0. The molecule has 0 radical (unpaired) electrons. The number of unbranched alkanes of at least 4 members (excludes halogenated alkanes) is 3. The number of ether oxygens (including phenoxy) is 1. The normalized spacial score (nSPS) is 19.5. The van der Waals surface area contributed by atoms with Crippen LogP contribution in [0.4, 0.5) is 0 Å². The van der Waals surface area contributed by atoms with Crippen molar-refractivity contribution in [3.63, 3.8) is 0 Å². The fourth-order valence-corrected chi connectivity index (χ4v) is 2.88. The maximum atomic E-state index is 11.8. The summed E-state index contributed by atoms with van der Waals surface area (Å²) in [5.74, 6) is -0.554. The Hall–Kier alpha value is -0.610. The van der Waals surface area contributed by atoms with Crippen LogP contribution in [0.15, 0.2) is 0 Å². The van der Waals surface area contributed by atoms with Crippen LogP contribution in [0.2, 0.25) is 0 Å². The second-order valence-corrected chi connectivity index (χ2v) is 6.82. The zero-order chi connectivity index (χ0) is 15.9. The zero-order valence-corrected chi connectivity index (χ0v) is 14.2. The highest BCUT2D eigenvalue weighted by atomic mass is 16.5. The summed E-state index contributed by atoms with van der Waals surface area (Å²) in [5, 5.41) is 13.0. The van der Waals surface area contributed by atoms with Gasteiger partial charge >= 0.3 is 5.97 Å². The van der Waals surface area contributed by atoms with E-state index < -0.39 is 11.5 Å². The quantitative estimate of drug-likeness (QED) is 0.541. The molecule has 2 N–H and O–H groups in total. The second kappa shape index (κ2) is 8.74. The Labute approximate surface area is 129 Å². The molecule has 1 aliphatic carbocycles. The van der Waals surface area contributed by atoms with Gasteiger partial charge in [0.1, 0.15) is 5.54 Å². The number of carbonyl (C=O) groups is 1. The highest BCUT2D eigenvalue weighted by molar-refractivity contribution is 5.80. The minimum atomic E-state index is -0.897. The lowest BCUT2D eigenvalue weighted by molar-refractivity contribution is -0.150. The van der Waals surface area contributed by atoms with Crippen LogP contribution in [0.5, 0.6) is 0 Å². The highest BCUT2D eigenvalue weighted by Gasteiger charge is 2.51. The van der Waals surface area contributed by atoms with Gasteiger partial charge in [-0.2, -0.15) is 0 Å². The van der Waals surface area contributed by atoms with Crippen molar-refractivity contribution >= 4 is 5.97 Å². The van der Waals surface area contributed by atoms with E-state index in [1.54, 1.807) is 0 Å². The Morgan fingerprint density at radius 1 is 1.29 bits per heavy atom. The molecule has 0 amide bonds. The van der Waals surface area contributed by atoms with E-state index in [0.717, 1.165) is 25.7 Å². The minimum Gasteiger partial charge on any atom is -0.480 e. The number of carboxylic acid groups (broad SMARTS) is 1. The molecule has 0 bridgehead atoms. The molecule has 0 aromatic heterocycles. The van der Waals surface area contributed by atoms with Gasteiger partial charge in [-0.3, -0.25) is 10.1 Å². The van der Waals surface area contributed by atoms with Crippen LogP contribution >= 0.6 is 0 Å². The van der Waals surface area contributed by atoms with Crippen LogP contribution in [0.3, 0.4) is 0 Å². The van der Waals surface area contributed by atoms with Crippen LogP contribution in [-0.2, 0) is 9.53 Å². The molecule has 2 atom stereocenters. The third-order valence-corrected chi connectivity index (χ3v) is 4.26. The van der Waals surface area contributed by atoms with Gasteiger partial charge in [0.05, 0.1) is 12.7 Å². The number of hydrogen-bond acceptors (Lipinski definition) is 3. The van der Waals surface area contributed by atoms with E-state index in [4.69, 9.17) is 4.74 Å².